The SMILES string of the molecule is CCN1CCC2C(C1)c1ccc(C)cc1C2c1ccc(Br)cc1. The predicted octanol–water partition coefficient (Wildman–Crippen LogP) is 5.33. The highest BCUT2D eigenvalue weighted by atomic mass is 79.9. The van der Waals surface area contributed by atoms with Crippen LogP contribution in [0.4, 0.5) is 0 Å². The summed E-state index contributed by atoms with van der Waals surface area (Å²) >= 11 is 3.58. The van der Waals surface area contributed by atoms with Crippen LogP contribution in [0, 0.1) is 12.8 Å². The molecule has 2 heteroatoms. The molecule has 2 aromatic carbocycles. The van der Waals surface area contributed by atoms with E-state index in [1.54, 1.807) is 11.1 Å². The number of hydrogen-bond acceptors (Lipinski definition) is 1. The van der Waals surface area contributed by atoms with E-state index in [4.69, 9.17) is 0 Å². The number of hydrogen-bond donors (Lipinski definition) is 0. The van der Waals surface area contributed by atoms with Gasteiger partial charge < -0.3 is 4.90 Å². The Hall–Kier alpha value is -1.12. The second-order valence-electron chi connectivity index (χ2n) is 7.11. The largest absolute Gasteiger partial charge is 0.303 e. The highest BCUT2D eigenvalue weighted by molar-refractivity contribution is 9.10. The zero-order valence-corrected chi connectivity index (χ0v) is 15.5. The van der Waals surface area contributed by atoms with Crippen molar-refractivity contribution in [2.45, 2.75) is 32.1 Å². The fourth-order valence-electron chi connectivity index (χ4n) is 4.68. The highest BCUT2D eigenvalue weighted by Gasteiger charge is 2.43. The molecule has 1 heterocycles. The van der Waals surface area contributed by atoms with E-state index < -0.39 is 0 Å². The number of fused-ring (bicyclic) bond motifs is 3. The molecule has 4 rings (SSSR count). The van der Waals surface area contributed by atoms with Crippen LogP contribution in [0.5, 0.6) is 0 Å². The summed E-state index contributed by atoms with van der Waals surface area (Å²) in [4.78, 5) is 2.62. The topological polar surface area (TPSA) is 3.24 Å². The molecule has 120 valence electrons. The van der Waals surface area contributed by atoms with Crippen molar-refractivity contribution in [3.05, 3.63) is 69.2 Å². The summed E-state index contributed by atoms with van der Waals surface area (Å²) in [6, 6.07) is 16.2. The average Bonchev–Trinajstić information content (AvgIpc) is 2.88. The van der Waals surface area contributed by atoms with Crippen LogP contribution in [-0.4, -0.2) is 24.5 Å². The number of likely N-dealkylation sites (N-methyl/N-ethyl adjacent to an activating group) is 1. The molecule has 1 nitrogen and oxygen atoms in total. The molecular weight excluding hydrogens is 346 g/mol. The molecule has 1 fully saturated rings. The molecule has 23 heavy (non-hydrogen) atoms. The average molecular weight is 370 g/mol. The van der Waals surface area contributed by atoms with Gasteiger partial charge in [-0.15, -0.1) is 0 Å². The second-order valence-corrected chi connectivity index (χ2v) is 8.03. The summed E-state index contributed by atoms with van der Waals surface area (Å²) in [5, 5.41) is 0. The number of halogens is 1. The smallest absolute Gasteiger partial charge is 0.0175 e. The maximum atomic E-state index is 3.58. The van der Waals surface area contributed by atoms with Gasteiger partial charge in [0.1, 0.15) is 0 Å². The monoisotopic (exact) mass is 369 g/mol. The van der Waals surface area contributed by atoms with Gasteiger partial charge in [0, 0.05) is 22.9 Å². The minimum Gasteiger partial charge on any atom is -0.303 e. The Labute approximate surface area is 147 Å². The summed E-state index contributed by atoms with van der Waals surface area (Å²) in [7, 11) is 0. The van der Waals surface area contributed by atoms with Crippen LogP contribution in [0.25, 0.3) is 0 Å². The van der Waals surface area contributed by atoms with Gasteiger partial charge in [-0.05, 0) is 61.2 Å². The molecule has 0 amide bonds. The fourth-order valence-corrected chi connectivity index (χ4v) is 4.95. The maximum absolute atomic E-state index is 3.58. The van der Waals surface area contributed by atoms with Gasteiger partial charge >= 0.3 is 0 Å². The zero-order valence-electron chi connectivity index (χ0n) is 13.9. The lowest BCUT2D eigenvalue weighted by molar-refractivity contribution is 0.167. The summed E-state index contributed by atoms with van der Waals surface area (Å²) in [5.41, 5.74) is 6.06. The number of nitrogens with zero attached hydrogens (tertiary/aromatic N) is 1. The molecule has 1 aliphatic carbocycles. The number of likely N-dealkylation sites (tertiary alicyclic amines) is 1. The number of rotatable bonds is 2. The van der Waals surface area contributed by atoms with Crippen LogP contribution in [0.1, 0.15) is 47.4 Å². The first-order chi connectivity index (χ1) is 11.2. The minimum absolute atomic E-state index is 0.571. The van der Waals surface area contributed by atoms with Crippen LogP contribution in [0.15, 0.2) is 46.9 Å². The Morgan fingerprint density at radius 3 is 2.61 bits per heavy atom. The lowest BCUT2D eigenvalue weighted by Gasteiger charge is -2.37. The van der Waals surface area contributed by atoms with Gasteiger partial charge in [-0.25, -0.2) is 0 Å². The third kappa shape index (κ3) is 2.66. The quantitative estimate of drug-likeness (QED) is 0.691. The van der Waals surface area contributed by atoms with E-state index >= 15 is 0 Å². The first kappa shape index (κ1) is 15.4. The molecule has 1 saturated heterocycles. The molecule has 1 aliphatic heterocycles. The van der Waals surface area contributed by atoms with E-state index in [2.05, 4.69) is 77.1 Å². The summed E-state index contributed by atoms with van der Waals surface area (Å²) in [5.74, 6) is 2.03. The predicted molar refractivity (Wildman–Crippen MR) is 100 cm³/mol. The molecule has 0 radical (unpaired) electrons. The van der Waals surface area contributed by atoms with Gasteiger partial charge in [-0.3, -0.25) is 0 Å². The van der Waals surface area contributed by atoms with E-state index in [1.807, 2.05) is 0 Å². The molecular formula is C21H24BrN. The van der Waals surface area contributed by atoms with Crippen molar-refractivity contribution in [1.82, 2.24) is 4.90 Å². The van der Waals surface area contributed by atoms with Crippen LogP contribution in [-0.2, 0) is 0 Å². The van der Waals surface area contributed by atoms with Crippen molar-refractivity contribution in [3.63, 3.8) is 0 Å². The minimum atomic E-state index is 0.571. The van der Waals surface area contributed by atoms with E-state index in [-0.39, 0.29) is 0 Å². The van der Waals surface area contributed by atoms with Crippen LogP contribution >= 0.6 is 15.9 Å². The third-order valence-electron chi connectivity index (χ3n) is 5.83. The van der Waals surface area contributed by atoms with Crippen molar-refractivity contribution in [1.29, 1.82) is 0 Å². The van der Waals surface area contributed by atoms with Crippen molar-refractivity contribution >= 4 is 15.9 Å². The fraction of sp³-hybridized carbons (Fsp3) is 0.429. The maximum Gasteiger partial charge on any atom is 0.0175 e. The first-order valence-corrected chi connectivity index (χ1v) is 9.55. The van der Waals surface area contributed by atoms with Gasteiger partial charge in [-0.1, -0.05) is 58.7 Å². The molecule has 0 bridgehead atoms. The van der Waals surface area contributed by atoms with Crippen molar-refractivity contribution < 1.29 is 0 Å². The van der Waals surface area contributed by atoms with Gasteiger partial charge in [0.15, 0.2) is 0 Å². The van der Waals surface area contributed by atoms with Gasteiger partial charge in [-0.2, -0.15) is 0 Å². The van der Waals surface area contributed by atoms with Crippen LogP contribution < -0.4 is 0 Å². The molecule has 0 spiro atoms. The van der Waals surface area contributed by atoms with E-state index in [1.165, 1.54) is 41.7 Å². The summed E-state index contributed by atoms with van der Waals surface area (Å²) in [6.07, 6.45) is 1.31. The molecule has 0 N–H and O–H groups in total. The van der Waals surface area contributed by atoms with Gasteiger partial charge in [0.2, 0.25) is 0 Å². The van der Waals surface area contributed by atoms with Crippen LogP contribution in [0.2, 0.25) is 0 Å². The van der Waals surface area contributed by atoms with Crippen molar-refractivity contribution in [3.8, 4) is 0 Å². The highest BCUT2D eigenvalue weighted by Crippen LogP contribution is 2.53. The standard InChI is InChI=1S/C21H24BrN/c1-3-23-11-10-18-20(13-23)17-9-4-14(2)12-19(17)21(18)15-5-7-16(22)8-6-15/h4-9,12,18,20-21H,3,10-11,13H2,1-2H3. The Kier molecular flexibility index (Phi) is 4.07. The third-order valence-corrected chi connectivity index (χ3v) is 6.36. The van der Waals surface area contributed by atoms with Crippen molar-refractivity contribution in [2.75, 3.05) is 19.6 Å². The van der Waals surface area contributed by atoms with Gasteiger partial charge in [0.25, 0.3) is 0 Å². The van der Waals surface area contributed by atoms with Crippen LogP contribution in [0.3, 0.4) is 0 Å². The Bertz CT molecular complexity index is 706. The molecule has 2 aromatic rings. The lowest BCUT2D eigenvalue weighted by Crippen LogP contribution is -2.38. The molecule has 3 atom stereocenters. The molecule has 2 aliphatic rings. The van der Waals surface area contributed by atoms with E-state index in [9.17, 15) is 0 Å². The number of aryl methyl sites for hydroxylation is 1. The summed E-state index contributed by atoms with van der Waals surface area (Å²) < 4.78 is 1.17. The molecule has 0 aromatic heterocycles. The van der Waals surface area contributed by atoms with E-state index in [0.29, 0.717) is 11.8 Å². The van der Waals surface area contributed by atoms with E-state index in [0.717, 1.165) is 5.92 Å². The van der Waals surface area contributed by atoms with Gasteiger partial charge in [0.05, 0.1) is 0 Å². The Morgan fingerprint density at radius 1 is 1.09 bits per heavy atom. The van der Waals surface area contributed by atoms with Crippen molar-refractivity contribution in [2.24, 2.45) is 5.92 Å². The zero-order chi connectivity index (χ0) is 16.0. The number of piperidine rings is 1. The lowest BCUT2D eigenvalue weighted by atomic mass is 9.78. The summed E-state index contributed by atoms with van der Waals surface area (Å²) in [6.45, 7) is 8.16. The normalized spacial score (nSPS) is 26.8. The second kappa shape index (κ2) is 6.07. The Balaban J connectivity index is 1.80. The molecule has 3 unspecified atom stereocenters. The Morgan fingerprint density at radius 2 is 1.87 bits per heavy atom. The molecule has 0 saturated carbocycles. The number of benzene rings is 2. The first-order valence-electron chi connectivity index (χ1n) is 8.75.